The van der Waals surface area contributed by atoms with Crippen LogP contribution in [0.2, 0.25) is 0 Å². The van der Waals surface area contributed by atoms with Gasteiger partial charge in [-0.05, 0) is 157 Å². The average molecular weight is 1060 g/mol. The molecule has 2 aliphatic carbocycles. The van der Waals surface area contributed by atoms with Crippen LogP contribution in [0.4, 0.5) is 0 Å². The highest BCUT2D eigenvalue weighted by Gasteiger charge is 2.47. The molecule has 0 fully saturated rings. The van der Waals surface area contributed by atoms with E-state index in [4.69, 9.17) is 6.58 Å². The van der Waals surface area contributed by atoms with Gasteiger partial charge in [0.2, 0.25) is 0 Å². The van der Waals surface area contributed by atoms with Crippen molar-refractivity contribution >= 4 is 47.9 Å². The SMILES string of the molecule is C=c1c2ccc(Cc3ccc(C4(c5ccc(Cc6ccc7c(=C)n(C(C)CC)c(=C)c7c6)cc5)c5ccccc5-c5ccccc54)cc3)cc2c(=C)n1-c1ccc(C2(c3ccc(C(C)CC)cc3)c3ccccc3-c3ccccc32)cc1. The van der Waals surface area contributed by atoms with Crippen LogP contribution in [0.25, 0.3) is 75.8 Å². The third-order valence-corrected chi connectivity index (χ3v) is 19.1. The monoisotopic (exact) mass is 1060 g/mol. The Hall–Kier alpha value is -9.24. The van der Waals surface area contributed by atoms with Crippen LogP contribution in [0.5, 0.6) is 0 Å². The molecular formula is C80H68N2. The van der Waals surface area contributed by atoms with Gasteiger partial charge in [-0.2, -0.15) is 0 Å². The second-order valence-electron chi connectivity index (χ2n) is 23.4. The molecule has 0 radical (unpaired) electrons. The van der Waals surface area contributed by atoms with Crippen molar-refractivity contribution < 1.29 is 0 Å². The fraction of sp³-hybridized carbons (Fsp3) is 0.150. The van der Waals surface area contributed by atoms with Crippen LogP contribution in [-0.4, -0.2) is 9.13 Å². The van der Waals surface area contributed by atoms with Crippen LogP contribution in [0.1, 0.15) is 125 Å². The second kappa shape index (κ2) is 19.8. The number of rotatable bonds is 13. The molecule has 2 aromatic heterocycles. The van der Waals surface area contributed by atoms with Crippen molar-refractivity contribution in [2.75, 3.05) is 0 Å². The number of benzene rings is 10. The molecule has 14 rings (SSSR count). The van der Waals surface area contributed by atoms with Gasteiger partial charge in [0.25, 0.3) is 0 Å². The fourth-order valence-electron chi connectivity index (χ4n) is 14.7. The van der Waals surface area contributed by atoms with Crippen molar-refractivity contribution in [3.05, 3.63) is 324 Å². The van der Waals surface area contributed by atoms with Crippen molar-refractivity contribution in [3.8, 4) is 27.9 Å². The Labute approximate surface area is 482 Å². The van der Waals surface area contributed by atoms with Crippen LogP contribution in [-0.2, 0) is 23.7 Å². The maximum absolute atomic E-state index is 4.74. The molecule has 2 aliphatic rings. The molecule has 0 saturated carbocycles. The summed E-state index contributed by atoms with van der Waals surface area (Å²) >= 11 is 0. The lowest BCUT2D eigenvalue weighted by Crippen LogP contribution is -2.29. The van der Waals surface area contributed by atoms with E-state index in [0.29, 0.717) is 12.0 Å². The van der Waals surface area contributed by atoms with E-state index in [1.54, 1.807) is 0 Å². The van der Waals surface area contributed by atoms with E-state index in [9.17, 15) is 0 Å². The lowest BCUT2D eigenvalue weighted by atomic mass is 9.67. The first-order valence-electron chi connectivity index (χ1n) is 29.4. The molecule has 398 valence electrons. The molecule has 12 aromatic rings. The highest BCUT2D eigenvalue weighted by atomic mass is 15.0. The number of aromatic nitrogens is 2. The van der Waals surface area contributed by atoms with Gasteiger partial charge < -0.3 is 9.13 Å². The molecule has 0 amide bonds. The van der Waals surface area contributed by atoms with Gasteiger partial charge in [0, 0.05) is 54.7 Å². The molecule has 0 aliphatic heterocycles. The molecule has 2 unspecified atom stereocenters. The Kier molecular flexibility index (Phi) is 12.3. The highest BCUT2D eigenvalue weighted by Crippen LogP contribution is 2.57. The van der Waals surface area contributed by atoms with Gasteiger partial charge in [-0.25, -0.2) is 0 Å². The van der Waals surface area contributed by atoms with E-state index in [-0.39, 0.29) is 0 Å². The minimum atomic E-state index is -0.492. The topological polar surface area (TPSA) is 9.86 Å². The van der Waals surface area contributed by atoms with Gasteiger partial charge in [-0.3, -0.25) is 0 Å². The Morgan fingerprint density at radius 2 is 0.695 bits per heavy atom. The molecular weight excluding hydrogens is 989 g/mol. The molecule has 0 saturated heterocycles. The smallest absolute Gasteiger partial charge is 0.0713 e. The van der Waals surface area contributed by atoms with Crippen LogP contribution in [0, 0.1) is 0 Å². The summed E-state index contributed by atoms with van der Waals surface area (Å²) < 4.78 is 4.54. The number of hydrogen-bond donors (Lipinski definition) is 0. The summed E-state index contributed by atoms with van der Waals surface area (Å²) in [7, 11) is 0. The summed E-state index contributed by atoms with van der Waals surface area (Å²) in [5.74, 6) is 0.503. The predicted molar refractivity (Wildman–Crippen MR) is 346 cm³/mol. The lowest BCUT2D eigenvalue weighted by molar-refractivity contribution is 0.514. The second-order valence-corrected chi connectivity index (χ2v) is 23.4. The minimum absolute atomic E-state index is 0.355. The van der Waals surface area contributed by atoms with E-state index < -0.39 is 10.8 Å². The van der Waals surface area contributed by atoms with Gasteiger partial charge >= 0.3 is 0 Å². The summed E-state index contributed by atoms with van der Waals surface area (Å²) in [6, 6.07) is 87.6. The molecule has 2 heterocycles. The molecule has 2 nitrogen and oxygen atoms in total. The maximum atomic E-state index is 4.74. The first-order valence-corrected chi connectivity index (χ1v) is 29.4. The molecule has 10 aromatic carbocycles. The van der Waals surface area contributed by atoms with Crippen LogP contribution in [0.15, 0.2) is 231 Å². The van der Waals surface area contributed by atoms with E-state index in [1.165, 1.54) is 105 Å². The summed E-state index contributed by atoms with van der Waals surface area (Å²) in [5.41, 5.74) is 22.0. The van der Waals surface area contributed by atoms with Crippen molar-refractivity contribution in [2.45, 2.75) is 76.2 Å². The summed E-state index contributed by atoms with van der Waals surface area (Å²) in [6.45, 7) is 27.5. The normalized spacial score (nSPS) is 14.3. The molecule has 0 bridgehead atoms. The Morgan fingerprint density at radius 3 is 1.11 bits per heavy atom. The third kappa shape index (κ3) is 7.61. The van der Waals surface area contributed by atoms with E-state index in [1.807, 2.05) is 0 Å². The van der Waals surface area contributed by atoms with Crippen molar-refractivity contribution in [1.82, 2.24) is 9.13 Å². The minimum Gasteiger partial charge on any atom is -0.339 e. The van der Waals surface area contributed by atoms with Crippen LogP contribution in [0.3, 0.4) is 0 Å². The Morgan fingerprint density at radius 1 is 0.354 bits per heavy atom. The molecule has 0 spiro atoms. The third-order valence-electron chi connectivity index (χ3n) is 19.1. The standard InChI is InChI=1S/C80H68N2/c1-9-51(3)61-33-39-64(40-34-61)80(77-25-17-13-21-71(77)72-22-14-18-26-78(72)80)65-41-43-66(44-42-65)82-54(6)68-46-32-60(50-74(68)56(82)8)48-58-29-37-63(38-30-58)79(75-23-15-11-19-69(75)70-20-12-16-24-76(70)79)62-35-27-57(28-36-62)47-59-31-45-67-53(5)81(52(4)10-2)55(7)73(67)49-59/h11-46,49-52H,5-10,47-48H2,1-4H3. The van der Waals surface area contributed by atoms with Crippen molar-refractivity contribution in [3.63, 3.8) is 0 Å². The quantitative estimate of drug-likeness (QED) is 0.109. The van der Waals surface area contributed by atoms with Crippen molar-refractivity contribution in [2.24, 2.45) is 0 Å². The summed E-state index contributed by atoms with van der Waals surface area (Å²) in [5, 5.41) is 8.63. The maximum Gasteiger partial charge on any atom is 0.0713 e. The predicted octanol–water partition coefficient (Wildman–Crippen LogP) is 16.6. The highest BCUT2D eigenvalue weighted by molar-refractivity contribution is 5.89. The zero-order chi connectivity index (χ0) is 56.0. The molecule has 2 atom stereocenters. The number of fused-ring (bicyclic) bond motifs is 8. The number of hydrogen-bond acceptors (Lipinski definition) is 0. The molecule has 0 N–H and O–H groups in total. The number of nitrogens with zero attached hydrogens (tertiary/aromatic N) is 2. The molecule has 2 heteroatoms. The average Bonchev–Trinajstić information content (AvgIpc) is 1.86. The summed E-state index contributed by atoms with van der Waals surface area (Å²) in [4.78, 5) is 0. The first-order chi connectivity index (χ1) is 40.0. The fourth-order valence-corrected chi connectivity index (χ4v) is 14.7. The van der Waals surface area contributed by atoms with Gasteiger partial charge in [0.15, 0.2) is 0 Å². The lowest BCUT2D eigenvalue weighted by Gasteiger charge is -2.34. The Balaban J connectivity index is 0.781. The van der Waals surface area contributed by atoms with E-state index >= 15 is 0 Å². The summed E-state index contributed by atoms with van der Waals surface area (Å²) in [6.07, 6.45) is 3.78. The van der Waals surface area contributed by atoms with Gasteiger partial charge in [-0.15, -0.1) is 0 Å². The van der Waals surface area contributed by atoms with E-state index in [0.717, 1.165) is 63.5 Å². The van der Waals surface area contributed by atoms with Crippen LogP contribution >= 0.6 is 0 Å². The first kappa shape index (κ1) is 50.9. The van der Waals surface area contributed by atoms with E-state index in [2.05, 4.69) is 287 Å². The zero-order valence-electron chi connectivity index (χ0n) is 47.6. The van der Waals surface area contributed by atoms with Crippen LogP contribution < -0.4 is 21.4 Å². The van der Waals surface area contributed by atoms with Gasteiger partial charge in [0.1, 0.15) is 0 Å². The largest absolute Gasteiger partial charge is 0.339 e. The van der Waals surface area contributed by atoms with Gasteiger partial charge in [-0.1, -0.05) is 253 Å². The van der Waals surface area contributed by atoms with Gasteiger partial charge in [0.05, 0.1) is 10.8 Å². The Bertz CT molecular complexity index is 4590. The zero-order valence-corrected chi connectivity index (χ0v) is 47.6. The van der Waals surface area contributed by atoms with Crippen molar-refractivity contribution in [1.29, 1.82) is 0 Å². The molecule has 82 heavy (non-hydrogen) atoms.